The molecule has 37 heavy (non-hydrogen) atoms. The minimum absolute atomic E-state index is 0.145. The number of benzene rings is 1. The van der Waals surface area contributed by atoms with Crippen LogP contribution in [0.1, 0.15) is 49.7 Å². The quantitative estimate of drug-likeness (QED) is 0.510. The van der Waals surface area contributed by atoms with E-state index in [1.807, 2.05) is 48.4 Å². The third-order valence-electron chi connectivity index (χ3n) is 7.27. The molecule has 1 amide bonds. The van der Waals surface area contributed by atoms with Gasteiger partial charge in [-0.2, -0.15) is 5.10 Å². The molecule has 196 valence electrons. The number of fused-ring (bicyclic) bond motifs is 2. The van der Waals surface area contributed by atoms with E-state index in [1.165, 1.54) is 6.42 Å². The molecular weight excluding hydrogens is 466 g/mol. The number of nitrogens with zero attached hydrogens (tertiary/aromatic N) is 5. The Kier molecular flexibility index (Phi) is 8.35. The van der Waals surface area contributed by atoms with Crippen molar-refractivity contribution in [3.05, 3.63) is 66.1 Å². The van der Waals surface area contributed by atoms with Gasteiger partial charge in [0.15, 0.2) is 11.5 Å². The monoisotopic (exact) mass is 503 g/mol. The fraction of sp³-hybridized carbons (Fsp3) is 0.483. The first kappa shape index (κ1) is 25.3. The molecule has 2 aromatic heterocycles. The molecule has 0 radical (unpaired) electrons. The first-order valence-electron chi connectivity index (χ1n) is 13.5. The van der Waals surface area contributed by atoms with Gasteiger partial charge in [0, 0.05) is 43.6 Å². The Labute approximate surface area is 219 Å². The van der Waals surface area contributed by atoms with Crippen molar-refractivity contribution in [2.45, 2.75) is 64.6 Å². The van der Waals surface area contributed by atoms with Gasteiger partial charge in [-0.05, 0) is 62.9 Å². The van der Waals surface area contributed by atoms with Crippen molar-refractivity contribution in [3.63, 3.8) is 0 Å². The number of aromatic nitrogens is 3. The number of hydrogen-bond donors (Lipinski definition) is 0. The highest BCUT2D eigenvalue weighted by molar-refractivity contribution is 5.76. The van der Waals surface area contributed by atoms with Crippen LogP contribution < -0.4 is 9.47 Å². The van der Waals surface area contributed by atoms with Crippen LogP contribution in [0.15, 0.2) is 55.0 Å². The van der Waals surface area contributed by atoms with Crippen molar-refractivity contribution in [1.82, 2.24) is 24.6 Å². The predicted molar refractivity (Wildman–Crippen MR) is 142 cm³/mol. The number of hydrogen-bond acceptors (Lipinski definition) is 6. The minimum Gasteiger partial charge on any atom is -0.490 e. The number of rotatable bonds is 3. The average Bonchev–Trinajstić information content (AvgIpc) is 3.33. The largest absolute Gasteiger partial charge is 0.490 e. The summed E-state index contributed by atoms with van der Waals surface area (Å²) in [6.45, 7) is 6.34. The van der Waals surface area contributed by atoms with Crippen molar-refractivity contribution >= 4 is 5.91 Å². The highest BCUT2D eigenvalue weighted by atomic mass is 16.5. The Morgan fingerprint density at radius 2 is 1.81 bits per heavy atom. The van der Waals surface area contributed by atoms with E-state index >= 15 is 0 Å². The molecular formula is C29H37N5O3. The molecule has 5 rings (SSSR count). The minimum atomic E-state index is 0.145. The Hall–Kier alpha value is -3.39. The van der Waals surface area contributed by atoms with E-state index in [-0.39, 0.29) is 5.91 Å². The van der Waals surface area contributed by atoms with Crippen molar-refractivity contribution in [2.24, 2.45) is 0 Å². The molecule has 0 atom stereocenters. The molecule has 8 nitrogen and oxygen atoms in total. The Morgan fingerprint density at radius 3 is 2.62 bits per heavy atom. The highest BCUT2D eigenvalue weighted by Gasteiger charge is 2.28. The third-order valence-corrected chi connectivity index (χ3v) is 7.27. The zero-order valence-corrected chi connectivity index (χ0v) is 21.7. The van der Waals surface area contributed by atoms with E-state index in [2.05, 4.69) is 21.0 Å². The second kappa shape index (κ2) is 12.2. The van der Waals surface area contributed by atoms with Gasteiger partial charge in [0.2, 0.25) is 11.8 Å². The standard InChI is InChI=1S/C29H37N5O3/c1-23-19-31-34(20-23)22-28(35)32-16-12-25(13-17-32)33-15-6-2-3-7-18-36-26-10-4-5-11-27(26)37-29-24(21-33)9-8-14-30-29/h4-5,8-11,14,19-20,25H,2-3,6-7,12-13,15-18,21-22H2,1H3. The lowest BCUT2D eigenvalue weighted by Gasteiger charge is -2.39. The van der Waals surface area contributed by atoms with E-state index in [9.17, 15) is 4.79 Å². The van der Waals surface area contributed by atoms with Gasteiger partial charge in [-0.15, -0.1) is 0 Å². The Bertz CT molecular complexity index is 1170. The van der Waals surface area contributed by atoms with E-state index in [1.54, 1.807) is 17.1 Å². The molecule has 1 aromatic carbocycles. The fourth-order valence-corrected chi connectivity index (χ4v) is 5.23. The fourth-order valence-electron chi connectivity index (χ4n) is 5.23. The van der Waals surface area contributed by atoms with Crippen molar-refractivity contribution in [1.29, 1.82) is 0 Å². The third kappa shape index (κ3) is 6.68. The molecule has 0 unspecified atom stereocenters. The van der Waals surface area contributed by atoms with Gasteiger partial charge in [0.05, 0.1) is 12.8 Å². The van der Waals surface area contributed by atoms with Gasteiger partial charge < -0.3 is 14.4 Å². The van der Waals surface area contributed by atoms with Gasteiger partial charge in [0.25, 0.3) is 0 Å². The maximum Gasteiger partial charge on any atom is 0.244 e. The zero-order chi connectivity index (χ0) is 25.5. The number of pyridine rings is 1. The molecule has 3 aromatic rings. The number of ether oxygens (including phenoxy) is 2. The lowest BCUT2D eigenvalue weighted by molar-refractivity contribution is -0.133. The van der Waals surface area contributed by atoms with E-state index in [4.69, 9.17) is 9.47 Å². The lowest BCUT2D eigenvalue weighted by atomic mass is 10.0. The zero-order valence-electron chi connectivity index (χ0n) is 21.7. The normalized spacial score (nSPS) is 18.1. The second-order valence-corrected chi connectivity index (χ2v) is 10.1. The summed E-state index contributed by atoms with van der Waals surface area (Å²) in [4.78, 5) is 22.0. The van der Waals surface area contributed by atoms with Crippen LogP contribution in [0.25, 0.3) is 0 Å². The molecule has 8 heteroatoms. The summed E-state index contributed by atoms with van der Waals surface area (Å²) in [6.07, 6.45) is 11.9. The van der Waals surface area contributed by atoms with Crippen LogP contribution in [0.5, 0.6) is 17.4 Å². The summed E-state index contributed by atoms with van der Waals surface area (Å²) in [7, 11) is 0. The first-order valence-corrected chi connectivity index (χ1v) is 13.5. The Morgan fingerprint density at radius 1 is 1.00 bits per heavy atom. The summed E-state index contributed by atoms with van der Waals surface area (Å²) in [5.74, 6) is 2.23. The molecule has 0 saturated carbocycles. The number of likely N-dealkylation sites (tertiary alicyclic amines) is 1. The number of carbonyl (C=O) groups is 1. The number of para-hydroxylation sites is 2. The van der Waals surface area contributed by atoms with Crippen molar-refractivity contribution in [2.75, 3.05) is 26.2 Å². The maximum absolute atomic E-state index is 12.9. The second-order valence-electron chi connectivity index (χ2n) is 10.1. The lowest BCUT2D eigenvalue weighted by Crippen LogP contribution is -2.47. The molecule has 4 heterocycles. The SMILES string of the molecule is Cc1cnn(CC(=O)N2CCC(N3CCCCCCOc4ccccc4Oc4ncccc4C3)CC2)c1. The van der Waals surface area contributed by atoms with Gasteiger partial charge >= 0.3 is 0 Å². The molecule has 0 spiro atoms. The molecule has 0 bridgehead atoms. The molecule has 0 aliphatic carbocycles. The van der Waals surface area contributed by atoms with Crippen LogP contribution in [0.2, 0.25) is 0 Å². The number of amides is 1. The summed E-state index contributed by atoms with van der Waals surface area (Å²) in [6, 6.07) is 12.3. The molecule has 2 aliphatic heterocycles. The van der Waals surface area contributed by atoms with Gasteiger partial charge in [0.1, 0.15) is 6.54 Å². The molecule has 1 fully saturated rings. The van der Waals surface area contributed by atoms with Crippen LogP contribution in [-0.2, 0) is 17.9 Å². The van der Waals surface area contributed by atoms with E-state index < -0.39 is 0 Å². The van der Waals surface area contributed by atoms with E-state index in [0.29, 0.717) is 30.8 Å². The molecule has 0 N–H and O–H groups in total. The molecule has 1 saturated heterocycles. The van der Waals surface area contributed by atoms with Crippen molar-refractivity contribution in [3.8, 4) is 17.4 Å². The predicted octanol–water partition coefficient (Wildman–Crippen LogP) is 4.82. The topological polar surface area (TPSA) is 72.7 Å². The first-order chi connectivity index (χ1) is 18.2. The smallest absolute Gasteiger partial charge is 0.244 e. The van der Waals surface area contributed by atoms with E-state index in [0.717, 1.165) is 75.2 Å². The summed E-state index contributed by atoms with van der Waals surface area (Å²) in [5, 5.41) is 4.27. The highest BCUT2D eigenvalue weighted by Crippen LogP contribution is 2.33. The molecule has 2 aliphatic rings. The van der Waals surface area contributed by atoms with Crippen LogP contribution >= 0.6 is 0 Å². The average molecular weight is 504 g/mol. The van der Waals surface area contributed by atoms with Crippen molar-refractivity contribution < 1.29 is 14.3 Å². The summed E-state index contributed by atoms with van der Waals surface area (Å²) in [5.41, 5.74) is 2.14. The van der Waals surface area contributed by atoms with Crippen LogP contribution in [0.4, 0.5) is 0 Å². The van der Waals surface area contributed by atoms with Gasteiger partial charge in [-0.1, -0.05) is 31.0 Å². The van der Waals surface area contributed by atoms with Gasteiger partial charge in [-0.25, -0.2) is 4.98 Å². The van der Waals surface area contributed by atoms with Crippen LogP contribution in [-0.4, -0.2) is 62.8 Å². The number of carbonyl (C=O) groups excluding carboxylic acids is 1. The van der Waals surface area contributed by atoms with Crippen LogP contribution in [0.3, 0.4) is 0 Å². The summed E-state index contributed by atoms with van der Waals surface area (Å²) < 4.78 is 14.1. The van der Waals surface area contributed by atoms with Crippen LogP contribution in [0, 0.1) is 6.92 Å². The Balaban J connectivity index is 1.28. The number of piperidine rings is 1. The number of aryl methyl sites for hydroxylation is 1. The maximum atomic E-state index is 12.9. The van der Waals surface area contributed by atoms with Gasteiger partial charge in [-0.3, -0.25) is 14.4 Å². The summed E-state index contributed by atoms with van der Waals surface area (Å²) >= 11 is 0.